The van der Waals surface area contributed by atoms with Crippen molar-refractivity contribution in [2.45, 2.75) is 0 Å². The number of para-hydroxylation sites is 3. The number of hydrogen-bond acceptors (Lipinski definition) is 2. The van der Waals surface area contributed by atoms with Crippen molar-refractivity contribution in [3.05, 3.63) is 54.6 Å². The zero-order valence-electron chi connectivity index (χ0n) is 9.14. The lowest BCUT2D eigenvalue weighted by atomic mass is 10.2. The molecule has 4 rings (SSSR count). The van der Waals surface area contributed by atoms with E-state index < -0.39 is 0 Å². The minimum atomic E-state index is 1.07. The molecule has 2 N–H and O–H groups in total. The third-order valence-corrected chi connectivity index (χ3v) is 3.13. The van der Waals surface area contributed by atoms with E-state index in [4.69, 9.17) is 0 Å². The quantitative estimate of drug-likeness (QED) is 0.475. The maximum absolute atomic E-state index is 3.43. The number of nitrogens with one attached hydrogen (secondary N) is 2. The van der Waals surface area contributed by atoms with Gasteiger partial charge in [-0.25, -0.2) is 4.68 Å². The van der Waals surface area contributed by atoms with Crippen molar-refractivity contribution in [2.24, 2.45) is 0 Å². The van der Waals surface area contributed by atoms with Crippen LogP contribution in [0.3, 0.4) is 0 Å². The standard InChI is InChI=1S/C14H11N3/c1-4-8-13-10(5-1)9-14-15-11-6-2-3-7-12(11)16-17(13)14/h1-9,15-16H. The zero-order chi connectivity index (χ0) is 11.2. The number of anilines is 3. The summed E-state index contributed by atoms with van der Waals surface area (Å²) >= 11 is 0. The summed E-state index contributed by atoms with van der Waals surface area (Å²) in [6, 6.07) is 18.7. The highest BCUT2D eigenvalue weighted by molar-refractivity contribution is 5.90. The van der Waals surface area contributed by atoms with Gasteiger partial charge in [0.05, 0.1) is 16.9 Å². The summed E-state index contributed by atoms with van der Waals surface area (Å²) in [6.45, 7) is 0. The Kier molecular flexibility index (Phi) is 1.56. The van der Waals surface area contributed by atoms with Crippen molar-refractivity contribution in [3.8, 4) is 0 Å². The molecule has 17 heavy (non-hydrogen) atoms. The van der Waals surface area contributed by atoms with Crippen LogP contribution in [0.15, 0.2) is 54.6 Å². The van der Waals surface area contributed by atoms with Crippen LogP contribution in [0.2, 0.25) is 0 Å². The number of rotatable bonds is 0. The second-order valence-electron chi connectivity index (χ2n) is 4.21. The highest BCUT2D eigenvalue weighted by Crippen LogP contribution is 2.34. The Bertz CT molecular complexity index is 712. The number of nitrogens with zero attached hydrogens (tertiary/aromatic N) is 1. The molecule has 0 bridgehead atoms. The van der Waals surface area contributed by atoms with Gasteiger partial charge in [0, 0.05) is 5.39 Å². The maximum Gasteiger partial charge on any atom is 0.131 e. The van der Waals surface area contributed by atoms with Crippen LogP contribution in [0, 0.1) is 0 Å². The first-order valence-electron chi connectivity index (χ1n) is 5.65. The number of fused-ring (bicyclic) bond motifs is 4. The Labute approximate surface area is 98.7 Å². The normalized spacial score (nSPS) is 12.5. The van der Waals surface area contributed by atoms with Gasteiger partial charge in [-0.3, -0.25) is 5.43 Å². The first kappa shape index (κ1) is 8.70. The molecule has 3 heteroatoms. The Hall–Kier alpha value is -2.42. The number of benzene rings is 2. The van der Waals surface area contributed by atoms with E-state index >= 15 is 0 Å². The van der Waals surface area contributed by atoms with E-state index in [-0.39, 0.29) is 0 Å². The van der Waals surface area contributed by atoms with Gasteiger partial charge < -0.3 is 5.32 Å². The van der Waals surface area contributed by atoms with E-state index in [1.54, 1.807) is 0 Å². The molecule has 0 spiro atoms. The van der Waals surface area contributed by atoms with Gasteiger partial charge in [-0.1, -0.05) is 30.3 Å². The Morgan fingerprint density at radius 2 is 1.59 bits per heavy atom. The van der Waals surface area contributed by atoms with Gasteiger partial charge in [0.2, 0.25) is 0 Å². The molecule has 2 heterocycles. The van der Waals surface area contributed by atoms with Gasteiger partial charge in [0.15, 0.2) is 0 Å². The van der Waals surface area contributed by atoms with Crippen molar-refractivity contribution >= 4 is 28.1 Å². The molecule has 82 valence electrons. The van der Waals surface area contributed by atoms with Crippen molar-refractivity contribution < 1.29 is 0 Å². The molecule has 0 saturated carbocycles. The first-order chi connectivity index (χ1) is 8.42. The molecular formula is C14H11N3. The molecular weight excluding hydrogens is 210 g/mol. The van der Waals surface area contributed by atoms with E-state index in [2.05, 4.69) is 57.9 Å². The lowest BCUT2D eigenvalue weighted by Gasteiger charge is -2.22. The summed E-state index contributed by atoms with van der Waals surface area (Å²) in [4.78, 5) is 0. The van der Waals surface area contributed by atoms with E-state index in [0.29, 0.717) is 0 Å². The largest absolute Gasteiger partial charge is 0.338 e. The summed E-state index contributed by atoms with van der Waals surface area (Å²) < 4.78 is 2.08. The van der Waals surface area contributed by atoms with Crippen LogP contribution >= 0.6 is 0 Å². The Balaban J connectivity index is 1.97. The van der Waals surface area contributed by atoms with Crippen LogP contribution in [0.4, 0.5) is 17.2 Å². The second kappa shape index (κ2) is 3.04. The predicted octanol–water partition coefficient (Wildman–Crippen LogP) is 3.57. The van der Waals surface area contributed by atoms with Gasteiger partial charge in [0.1, 0.15) is 5.82 Å². The van der Waals surface area contributed by atoms with Crippen LogP contribution in [0.5, 0.6) is 0 Å². The van der Waals surface area contributed by atoms with Crippen molar-refractivity contribution in [1.29, 1.82) is 0 Å². The van der Waals surface area contributed by atoms with E-state index in [0.717, 1.165) is 17.2 Å². The topological polar surface area (TPSA) is 29.0 Å². The molecule has 1 aliphatic rings. The average molecular weight is 221 g/mol. The maximum atomic E-state index is 3.43. The first-order valence-corrected chi connectivity index (χ1v) is 5.65. The van der Waals surface area contributed by atoms with Gasteiger partial charge in [0.25, 0.3) is 0 Å². The summed E-state index contributed by atoms with van der Waals surface area (Å²) in [5.41, 5.74) is 6.81. The Morgan fingerprint density at radius 3 is 2.53 bits per heavy atom. The highest BCUT2D eigenvalue weighted by atomic mass is 15.5. The number of aromatic nitrogens is 1. The zero-order valence-corrected chi connectivity index (χ0v) is 9.14. The lowest BCUT2D eigenvalue weighted by Crippen LogP contribution is -2.17. The molecule has 1 aromatic heterocycles. The molecule has 0 atom stereocenters. The molecule has 0 amide bonds. The molecule has 3 nitrogen and oxygen atoms in total. The molecule has 0 radical (unpaired) electrons. The van der Waals surface area contributed by atoms with Gasteiger partial charge >= 0.3 is 0 Å². The third kappa shape index (κ3) is 1.16. The summed E-state index contributed by atoms with van der Waals surface area (Å²) in [5, 5.41) is 4.66. The highest BCUT2D eigenvalue weighted by Gasteiger charge is 2.15. The van der Waals surface area contributed by atoms with Crippen molar-refractivity contribution in [2.75, 3.05) is 10.7 Å². The molecule has 0 aliphatic carbocycles. The molecule has 0 unspecified atom stereocenters. The van der Waals surface area contributed by atoms with Gasteiger partial charge in [-0.2, -0.15) is 0 Å². The molecule has 1 aliphatic heterocycles. The van der Waals surface area contributed by atoms with Crippen LogP contribution < -0.4 is 10.7 Å². The molecule has 2 aromatic carbocycles. The fourth-order valence-corrected chi connectivity index (χ4v) is 2.32. The lowest BCUT2D eigenvalue weighted by molar-refractivity contribution is 1.00. The van der Waals surface area contributed by atoms with Crippen LogP contribution in [0.1, 0.15) is 0 Å². The smallest absolute Gasteiger partial charge is 0.131 e. The van der Waals surface area contributed by atoms with Gasteiger partial charge in [-0.15, -0.1) is 0 Å². The summed E-state index contributed by atoms with van der Waals surface area (Å²) in [5.74, 6) is 1.07. The molecule has 0 fully saturated rings. The van der Waals surface area contributed by atoms with Crippen LogP contribution in [-0.4, -0.2) is 4.68 Å². The minimum Gasteiger partial charge on any atom is -0.338 e. The SMILES string of the molecule is c1ccc2c(c1)Nc1cc3ccccc3n1N2. The fourth-order valence-electron chi connectivity index (χ4n) is 2.32. The van der Waals surface area contributed by atoms with Crippen LogP contribution in [-0.2, 0) is 0 Å². The van der Waals surface area contributed by atoms with Crippen molar-refractivity contribution in [1.82, 2.24) is 4.68 Å². The van der Waals surface area contributed by atoms with E-state index in [1.165, 1.54) is 10.9 Å². The molecule has 0 saturated heterocycles. The minimum absolute atomic E-state index is 1.07. The number of hydrogen-bond donors (Lipinski definition) is 2. The summed E-state index contributed by atoms with van der Waals surface area (Å²) in [7, 11) is 0. The average Bonchev–Trinajstić information content (AvgIpc) is 2.73. The van der Waals surface area contributed by atoms with Crippen molar-refractivity contribution in [3.63, 3.8) is 0 Å². The Morgan fingerprint density at radius 1 is 0.824 bits per heavy atom. The van der Waals surface area contributed by atoms with Gasteiger partial charge in [-0.05, 0) is 24.3 Å². The van der Waals surface area contributed by atoms with E-state index in [9.17, 15) is 0 Å². The van der Waals surface area contributed by atoms with Crippen LogP contribution in [0.25, 0.3) is 10.9 Å². The summed E-state index contributed by atoms with van der Waals surface area (Å²) in [6.07, 6.45) is 0. The monoisotopic (exact) mass is 221 g/mol. The third-order valence-electron chi connectivity index (χ3n) is 3.13. The molecule has 3 aromatic rings. The second-order valence-corrected chi connectivity index (χ2v) is 4.21. The van der Waals surface area contributed by atoms with E-state index in [1.807, 2.05) is 12.1 Å². The predicted molar refractivity (Wildman–Crippen MR) is 70.7 cm³/mol. The fraction of sp³-hybridized carbons (Fsp3) is 0.